The van der Waals surface area contributed by atoms with Crippen LogP contribution in [0.25, 0.3) is 22.4 Å². The Balaban J connectivity index is 1.58. The van der Waals surface area contributed by atoms with Crippen LogP contribution in [0.1, 0.15) is 0 Å². The molecule has 0 atom stereocenters. The molecule has 0 radical (unpaired) electrons. The Morgan fingerprint density at radius 1 is 1.19 bits per heavy atom. The van der Waals surface area contributed by atoms with E-state index in [9.17, 15) is 4.79 Å². The molecule has 1 amide bonds. The maximum absolute atomic E-state index is 12.8. The van der Waals surface area contributed by atoms with Crippen molar-refractivity contribution in [2.45, 2.75) is 0 Å². The summed E-state index contributed by atoms with van der Waals surface area (Å²) in [6.07, 6.45) is 5.15. The topological polar surface area (TPSA) is 81.5 Å². The highest BCUT2D eigenvalue weighted by molar-refractivity contribution is 6.32. The summed E-state index contributed by atoms with van der Waals surface area (Å²) in [4.78, 5) is 19.1. The SMILES string of the molecule is COc1cc(-c2nn(C(=O)NCCN3CCOCC3)cc2-c2ccncc2)ccc1Cl. The number of morpholine rings is 1. The van der Waals surface area contributed by atoms with Gasteiger partial charge in [0.05, 0.1) is 25.3 Å². The van der Waals surface area contributed by atoms with E-state index in [-0.39, 0.29) is 6.03 Å². The fourth-order valence-corrected chi connectivity index (χ4v) is 3.66. The lowest BCUT2D eigenvalue weighted by molar-refractivity contribution is 0.0387. The van der Waals surface area contributed by atoms with Crippen molar-refractivity contribution in [3.8, 4) is 28.1 Å². The molecule has 0 bridgehead atoms. The molecule has 0 aliphatic carbocycles. The molecule has 1 saturated heterocycles. The summed E-state index contributed by atoms with van der Waals surface area (Å²) in [5, 5.41) is 8.03. The largest absolute Gasteiger partial charge is 0.495 e. The summed E-state index contributed by atoms with van der Waals surface area (Å²) in [6, 6.07) is 8.92. The number of carbonyl (C=O) groups excluding carboxylic acids is 1. The molecule has 1 N–H and O–H groups in total. The quantitative estimate of drug-likeness (QED) is 0.632. The predicted molar refractivity (Wildman–Crippen MR) is 119 cm³/mol. The van der Waals surface area contributed by atoms with E-state index in [1.165, 1.54) is 4.68 Å². The summed E-state index contributed by atoms with van der Waals surface area (Å²) < 4.78 is 12.0. The Morgan fingerprint density at radius 2 is 1.97 bits per heavy atom. The zero-order valence-electron chi connectivity index (χ0n) is 17.3. The van der Waals surface area contributed by atoms with E-state index in [0.717, 1.165) is 49.5 Å². The number of halogens is 1. The third-order valence-corrected chi connectivity index (χ3v) is 5.46. The van der Waals surface area contributed by atoms with Gasteiger partial charge in [0.15, 0.2) is 0 Å². The van der Waals surface area contributed by atoms with Crippen molar-refractivity contribution in [3.05, 3.63) is 53.9 Å². The Labute approximate surface area is 185 Å². The van der Waals surface area contributed by atoms with Crippen LogP contribution < -0.4 is 10.1 Å². The fraction of sp³-hybridized carbons (Fsp3) is 0.318. The van der Waals surface area contributed by atoms with Gasteiger partial charge in [-0.25, -0.2) is 4.79 Å². The van der Waals surface area contributed by atoms with Gasteiger partial charge in [-0.15, -0.1) is 0 Å². The molecule has 9 heteroatoms. The number of hydrogen-bond acceptors (Lipinski definition) is 6. The first-order valence-electron chi connectivity index (χ1n) is 10.1. The molecular weight excluding hydrogens is 418 g/mol. The first-order chi connectivity index (χ1) is 15.2. The summed E-state index contributed by atoms with van der Waals surface area (Å²) in [5.74, 6) is 0.546. The van der Waals surface area contributed by atoms with E-state index >= 15 is 0 Å². The Hall–Kier alpha value is -2.94. The first kappa shape index (κ1) is 21.3. The highest BCUT2D eigenvalue weighted by atomic mass is 35.5. The van der Waals surface area contributed by atoms with Crippen molar-refractivity contribution < 1.29 is 14.3 Å². The van der Waals surface area contributed by atoms with Crippen molar-refractivity contribution in [2.24, 2.45) is 0 Å². The van der Waals surface area contributed by atoms with E-state index in [1.807, 2.05) is 24.3 Å². The van der Waals surface area contributed by atoms with Gasteiger partial charge < -0.3 is 14.8 Å². The number of methoxy groups -OCH3 is 1. The standard InChI is InChI=1S/C22H24ClN5O3/c1-30-20-14-17(2-3-19(20)23)21-18(16-4-6-24-7-5-16)15-28(26-21)22(29)25-8-9-27-10-12-31-13-11-27/h2-7,14-15H,8-13H2,1H3,(H,25,29). The first-order valence-corrected chi connectivity index (χ1v) is 10.5. The van der Waals surface area contributed by atoms with Gasteiger partial charge in [0.1, 0.15) is 11.4 Å². The van der Waals surface area contributed by atoms with Crippen molar-refractivity contribution in [1.29, 1.82) is 0 Å². The van der Waals surface area contributed by atoms with Gasteiger partial charge in [0, 0.05) is 55.9 Å². The number of carbonyl (C=O) groups is 1. The summed E-state index contributed by atoms with van der Waals surface area (Å²) in [5.41, 5.74) is 3.18. The number of nitrogens with one attached hydrogen (secondary N) is 1. The second-order valence-corrected chi connectivity index (χ2v) is 7.51. The average Bonchev–Trinajstić information content (AvgIpc) is 3.26. The molecule has 0 spiro atoms. The van der Waals surface area contributed by atoms with Gasteiger partial charge in [-0.2, -0.15) is 9.78 Å². The number of ether oxygens (including phenoxy) is 2. The highest BCUT2D eigenvalue weighted by Gasteiger charge is 2.18. The molecule has 31 heavy (non-hydrogen) atoms. The van der Waals surface area contributed by atoms with Crippen LogP contribution in [0.4, 0.5) is 4.79 Å². The lowest BCUT2D eigenvalue weighted by Gasteiger charge is -2.26. The molecule has 1 fully saturated rings. The van der Waals surface area contributed by atoms with E-state index in [4.69, 9.17) is 21.1 Å². The molecule has 3 heterocycles. The van der Waals surface area contributed by atoms with Crippen molar-refractivity contribution >= 4 is 17.6 Å². The Kier molecular flexibility index (Phi) is 6.81. The number of hydrogen-bond donors (Lipinski definition) is 1. The third kappa shape index (κ3) is 5.04. The molecule has 2 aromatic heterocycles. The second-order valence-electron chi connectivity index (χ2n) is 7.11. The van der Waals surface area contributed by atoms with Crippen LogP contribution in [0.15, 0.2) is 48.9 Å². The van der Waals surface area contributed by atoms with Gasteiger partial charge in [0.25, 0.3) is 0 Å². The smallest absolute Gasteiger partial charge is 0.342 e. The molecule has 0 unspecified atom stereocenters. The number of amides is 1. The van der Waals surface area contributed by atoms with Crippen LogP contribution in [-0.4, -0.2) is 72.2 Å². The van der Waals surface area contributed by atoms with Crippen LogP contribution in [0, 0.1) is 0 Å². The van der Waals surface area contributed by atoms with Gasteiger partial charge in [0.2, 0.25) is 0 Å². The summed E-state index contributed by atoms with van der Waals surface area (Å²) in [6.45, 7) is 4.54. The Morgan fingerprint density at radius 3 is 2.71 bits per heavy atom. The lowest BCUT2D eigenvalue weighted by atomic mass is 10.0. The molecule has 1 aliphatic rings. The van der Waals surface area contributed by atoms with Crippen LogP contribution in [-0.2, 0) is 4.74 Å². The van der Waals surface area contributed by atoms with Crippen LogP contribution in [0.2, 0.25) is 5.02 Å². The van der Waals surface area contributed by atoms with E-state index < -0.39 is 0 Å². The van der Waals surface area contributed by atoms with Gasteiger partial charge >= 0.3 is 6.03 Å². The zero-order valence-corrected chi connectivity index (χ0v) is 18.0. The van der Waals surface area contributed by atoms with E-state index in [1.54, 1.807) is 31.8 Å². The molecule has 8 nitrogen and oxygen atoms in total. The maximum Gasteiger partial charge on any atom is 0.342 e. The molecule has 1 aromatic carbocycles. The number of rotatable bonds is 6. The number of nitrogens with zero attached hydrogens (tertiary/aromatic N) is 4. The van der Waals surface area contributed by atoms with Crippen molar-refractivity contribution in [1.82, 2.24) is 25.0 Å². The minimum absolute atomic E-state index is 0.282. The average molecular weight is 442 g/mol. The minimum atomic E-state index is -0.282. The number of aromatic nitrogens is 3. The zero-order chi connectivity index (χ0) is 21.6. The van der Waals surface area contributed by atoms with E-state index in [2.05, 4.69) is 20.3 Å². The molecule has 162 valence electrons. The molecule has 3 aromatic rings. The number of benzene rings is 1. The highest BCUT2D eigenvalue weighted by Crippen LogP contribution is 2.35. The Bertz CT molecular complexity index is 1030. The number of pyridine rings is 1. The van der Waals surface area contributed by atoms with E-state index in [0.29, 0.717) is 23.0 Å². The normalized spacial score (nSPS) is 14.4. The van der Waals surface area contributed by atoms with Crippen LogP contribution in [0.5, 0.6) is 5.75 Å². The monoisotopic (exact) mass is 441 g/mol. The molecular formula is C22H24ClN5O3. The van der Waals surface area contributed by atoms with Gasteiger partial charge in [-0.3, -0.25) is 9.88 Å². The maximum atomic E-state index is 12.8. The fourth-order valence-electron chi connectivity index (χ4n) is 3.47. The lowest BCUT2D eigenvalue weighted by Crippen LogP contribution is -2.42. The van der Waals surface area contributed by atoms with Crippen molar-refractivity contribution in [2.75, 3.05) is 46.5 Å². The van der Waals surface area contributed by atoms with Crippen LogP contribution in [0.3, 0.4) is 0 Å². The van der Waals surface area contributed by atoms with Gasteiger partial charge in [-0.1, -0.05) is 17.7 Å². The summed E-state index contributed by atoms with van der Waals surface area (Å²) >= 11 is 6.18. The minimum Gasteiger partial charge on any atom is -0.495 e. The van der Waals surface area contributed by atoms with Crippen LogP contribution >= 0.6 is 11.6 Å². The predicted octanol–water partition coefficient (Wildman–Crippen LogP) is 3.16. The molecule has 1 aliphatic heterocycles. The summed E-state index contributed by atoms with van der Waals surface area (Å²) in [7, 11) is 1.56. The van der Waals surface area contributed by atoms with Crippen molar-refractivity contribution in [3.63, 3.8) is 0 Å². The second kappa shape index (κ2) is 9.91. The molecule has 0 saturated carbocycles. The van der Waals surface area contributed by atoms with Gasteiger partial charge in [-0.05, 0) is 29.8 Å². The third-order valence-electron chi connectivity index (χ3n) is 5.15. The molecule has 4 rings (SSSR count).